The fourth-order valence-corrected chi connectivity index (χ4v) is 3.60. The minimum Gasteiger partial charge on any atom is -0.379 e. The molecule has 6 heteroatoms. The number of ether oxygens (including phenoxy) is 1. The molecule has 3 aromatic rings. The lowest BCUT2D eigenvalue weighted by atomic mass is 10.0. The van der Waals surface area contributed by atoms with E-state index in [0.29, 0.717) is 17.8 Å². The van der Waals surface area contributed by atoms with E-state index in [2.05, 4.69) is 36.2 Å². The maximum absolute atomic E-state index is 13.1. The lowest BCUT2D eigenvalue weighted by Crippen LogP contribution is -2.41. The van der Waals surface area contributed by atoms with E-state index in [-0.39, 0.29) is 5.91 Å². The number of aromatic nitrogens is 2. The average molecular weight is 405 g/mol. The molecule has 4 rings (SSSR count). The predicted octanol–water partition coefficient (Wildman–Crippen LogP) is 3.22. The standard InChI is InChI=1S/C24H28N4O2/c1-18-8-9-20(16-19(18)2)23-22(17-28(26-23)21-6-4-3-5-7-21)24(29)25-10-11-27-12-14-30-15-13-27/h3-9,16-17H,10-15H2,1-2H3,(H,25,29). The third-order valence-corrected chi connectivity index (χ3v) is 5.58. The largest absolute Gasteiger partial charge is 0.379 e. The molecule has 1 saturated heterocycles. The van der Waals surface area contributed by atoms with Crippen molar-refractivity contribution in [3.05, 3.63) is 71.4 Å². The number of carbonyl (C=O) groups is 1. The van der Waals surface area contributed by atoms with Crippen molar-refractivity contribution < 1.29 is 9.53 Å². The van der Waals surface area contributed by atoms with Crippen molar-refractivity contribution in [1.82, 2.24) is 20.0 Å². The topological polar surface area (TPSA) is 59.4 Å². The molecule has 30 heavy (non-hydrogen) atoms. The molecule has 0 atom stereocenters. The summed E-state index contributed by atoms with van der Waals surface area (Å²) in [7, 11) is 0. The zero-order valence-corrected chi connectivity index (χ0v) is 17.6. The van der Waals surface area contributed by atoms with Crippen molar-refractivity contribution >= 4 is 5.91 Å². The second kappa shape index (κ2) is 9.24. The molecule has 6 nitrogen and oxygen atoms in total. The van der Waals surface area contributed by atoms with Gasteiger partial charge in [-0.25, -0.2) is 4.68 Å². The van der Waals surface area contributed by atoms with Crippen molar-refractivity contribution in [3.63, 3.8) is 0 Å². The third kappa shape index (κ3) is 4.61. The Bertz CT molecular complexity index is 1010. The normalized spacial score (nSPS) is 14.6. The Hall–Kier alpha value is -2.96. The second-order valence-corrected chi connectivity index (χ2v) is 7.68. The van der Waals surface area contributed by atoms with E-state index in [9.17, 15) is 4.79 Å². The first-order valence-corrected chi connectivity index (χ1v) is 10.4. The number of nitrogens with one attached hydrogen (secondary N) is 1. The van der Waals surface area contributed by atoms with Gasteiger partial charge in [-0.2, -0.15) is 5.10 Å². The van der Waals surface area contributed by atoms with Crippen LogP contribution in [0.5, 0.6) is 0 Å². The summed E-state index contributed by atoms with van der Waals surface area (Å²) >= 11 is 0. The number of carbonyl (C=O) groups excluding carboxylic acids is 1. The van der Waals surface area contributed by atoms with Gasteiger partial charge >= 0.3 is 0 Å². The molecule has 0 aliphatic carbocycles. The van der Waals surface area contributed by atoms with Crippen molar-refractivity contribution in [2.24, 2.45) is 0 Å². The quantitative estimate of drug-likeness (QED) is 0.685. The zero-order valence-electron chi connectivity index (χ0n) is 17.6. The Labute approximate surface area is 177 Å². The van der Waals surface area contributed by atoms with E-state index in [1.54, 1.807) is 4.68 Å². The molecule has 1 aliphatic rings. The Morgan fingerprint density at radius 3 is 2.57 bits per heavy atom. The summed E-state index contributed by atoms with van der Waals surface area (Å²) in [4.78, 5) is 15.4. The van der Waals surface area contributed by atoms with Gasteiger partial charge in [0.2, 0.25) is 0 Å². The number of aryl methyl sites for hydroxylation is 2. The summed E-state index contributed by atoms with van der Waals surface area (Å²) in [5.74, 6) is -0.0985. The van der Waals surface area contributed by atoms with Gasteiger partial charge < -0.3 is 10.1 Å². The van der Waals surface area contributed by atoms with Gasteiger partial charge in [-0.15, -0.1) is 0 Å². The van der Waals surface area contributed by atoms with Crippen LogP contribution in [0, 0.1) is 13.8 Å². The molecule has 2 heterocycles. The van der Waals surface area contributed by atoms with Crippen LogP contribution in [0.15, 0.2) is 54.7 Å². The van der Waals surface area contributed by atoms with Crippen molar-refractivity contribution in [3.8, 4) is 16.9 Å². The molecule has 0 bridgehead atoms. The summed E-state index contributed by atoms with van der Waals surface area (Å²) in [5.41, 5.74) is 5.56. The first kappa shape index (κ1) is 20.3. The lowest BCUT2D eigenvalue weighted by Gasteiger charge is -2.26. The molecule has 0 saturated carbocycles. The highest BCUT2D eigenvalue weighted by molar-refractivity contribution is 6.00. The van der Waals surface area contributed by atoms with E-state index in [1.807, 2.05) is 42.6 Å². The van der Waals surface area contributed by atoms with Crippen LogP contribution in [0.3, 0.4) is 0 Å². The van der Waals surface area contributed by atoms with E-state index in [1.165, 1.54) is 11.1 Å². The molecule has 1 N–H and O–H groups in total. The van der Waals surface area contributed by atoms with Crippen molar-refractivity contribution in [2.45, 2.75) is 13.8 Å². The monoisotopic (exact) mass is 404 g/mol. The first-order chi connectivity index (χ1) is 14.6. The zero-order chi connectivity index (χ0) is 20.9. The van der Waals surface area contributed by atoms with Gasteiger partial charge in [-0.05, 0) is 43.2 Å². The number of benzene rings is 2. The number of para-hydroxylation sites is 1. The van der Waals surface area contributed by atoms with Crippen LogP contribution in [-0.2, 0) is 4.74 Å². The maximum Gasteiger partial charge on any atom is 0.255 e. The van der Waals surface area contributed by atoms with Crippen molar-refractivity contribution in [2.75, 3.05) is 39.4 Å². The molecular weight excluding hydrogens is 376 g/mol. The fraction of sp³-hybridized carbons (Fsp3) is 0.333. The van der Waals surface area contributed by atoms with Gasteiger partial charge in [-0.1, -0.05) is 30.3 Å². The first-order valence-electron chi connectivity index (χ1n) is 10.4. The van der Waals surface area contributed by atoms with Gasteiger partial charge in [-0.3, -0.25) is 9.69 Å². The highest BCUT2D eigenvalue weighted by Gasteiger charge is 2.19. The highest BCUT2D eigenvalue weighted by atomic mass is 16.5. The SMILES string of the molecule is Cc1ccc(-c2nn(-c3ccccc3)cc2C(=O)NCCN2CCOCC2)cc1C. The number of amides is 1. The number of hydrogen-bond donors (Lipinski definition) is 1. The van der Waals surface area contributed by atoms with Gasteiger partial charge in [0, 0.05) is 37.9 Å². The molecule has 0 spiro atoms. The van der Waals surface area contributed by atoms with E-state index < -0.39 is 0 Å². The van der Waals surface area contributed by atoms with Crippen LogP contribution >= 0.6 is 0 Å². The maximum atomic E-state index is 13.1. The average Bonchev–Trinajstić information content (AvgIpc) is 3.23. The van der Waals surface area contributed by atoms with Gasteiger partial charge in [0.1, 0.15) is 5.69 Å². The summed E-state index contributed by atoms with van der Waals surface area (Å²) < 4.78 is 7.16. The molecule has 0 radical (unpaired) electrons. The van der Waals surface area contributed by atoms with Crippen molar-refractivity contribution in [1.29, 1.82) is 0 Å². The molecular formula is C24H28N4O2. The Kier molecular flexibility index (Phi) is 6.26. The van der Waals surface area contributed by atoms with Gasteiger partial charge in [0.25, 0.3) is 5.91 Å². The molecule has 156 valence electrons. The number of rotatable bonds is 6. The molecule has 1 amide bonds. The number of morpholine rings is 1. The Balaban J connectivity index is 1.58. The molecule has 0 unspecified atom stereocenters. The highest BCUT2D eigenvalue weighted by Crippen LogP contribution is 2.26. The minimum absolute atomic E-state index is 0.0985. The summed E-state index contributed by atoms with van der Waals surface area (Å²) in [6.45, 7) is 8.92. The van der Waals surface area contributed by atoms with E-state index in [4.69, 9.17) is 9.84 Å². The molecule has 2 aromatic carbocycles. The number of nitrogens with zero attached hydrogens (tertiary/aromatic N) is 3. The van der Waals surface area contributed by atoms with Crippen LogP contribution in [0.4, 0.5) is 0 Å². The van der Waals surface area contributed by atoms with Crippen LogP contribution in [0.2, 0.25) is 0 Å². The smallest absolute Gasteiger partial charge is 0.255 e. The Morgan fingerprint density at radius 2 is 1.83 bits per heavy atom. The minimum atomic E-state index is -0.0985. The lowest BCUT2D eigenvalue weighted by molar-refractivity contribution is 0.0383. The Morgan fingerprint density at radius 1 is 1.07 bits per heavy atom. The second-order valence-electron chi connectivity index (χ2n) is 7.68. The van der Waals surface area contributed by atoms with Crippen LogP contribution in [0.25, 0.3) is 16.9 Å². The van der Waals surface area contributed by atoms with E-state index in [0.717, 1.165) is 44.1 Å². The molecule has 1 fully saturated rings. The van der Waals surface area contributed by atoms with Crippen LogP contribution in [0.1, 0.15) is 21.5 Å². The molecule has 1 aliphatic heterocycles. The summed E-state index contributed by atoms with van der Waals surface area (Å²) in [6, 6.07) is 16.1. The predicted molar refractivity (Wildman–Crippen MR) is 118 cm³/mol. The molecule has 1 aromatic heterocycles. The summed E-state index contributed by atoms with van der Waals surface area (Å²) in [5, 5.41) is 7.84. The van der Waals surface area contributed by atoms with Crippen LogP contribution < -0.4 is 5.32 Å². The third-order valence-electron chi connectivity index (χ3n) is 5.58. The summed E-state index contributed by atoms with van der Waals surface area (Å²) in [6.07, 6.45) is 1.82. The number of hydrogen-bond acceptors (Lipinski definition) is 4. The fourth-order valence-electron chi connectivity index (χ4n) is 3.60. The van der Waals surface area contributed by atoms with E-state index >= 15 is 0 Å². The van der Waals surface area contributed by atoms with Gasteiger partial charge in [0.05, 0.1) is 24.5 Å². The van der Waals surface area contributed by atoms with Crippen LogP contribution in [-0.4, -0.2) is 60.0 Å². The van der Waals surface area contributed by atoms with Gasteiger partial charge in [0.15, 0.2) is 0 Å².